The first-order chi connectivity index (χ1) is 11.6. The fourth-order valence-corrected chi connectivity index (χ4v) is 4.94. The van der Waals surface area contributed by atoms with Crippen LogP contribution in [0.15, 0.2) is 42.5 Å². The van der Waals surface area contributed by atoms with Gasteiger partial charge in [0.25, 0.3) is 0 Å². The molecule has 2 aromatic carbocycles. The van der Waals surface area contributed by atoms with Crippen LogP contribution in [0.1, 0.15) is 11.1 Å². The number of nitrogens with one attached hydrogen (secondary N) is 1. The number of hydrogen-bond acceptors (Lipinski definition) is 4. The number of benzene rings is 2. The quantitative estimate of drug-likeness (QED) is 0.856. The standard InChI is InChI=1S/C16H17FN2O4S2/c1-24(20,21)19-9-8-13-10-15(6-7-16(13)19)18-25(22,23)11-12-2-4-14(17)5-3-12/h2-7,10,18H,8-9,11H2,1H3. The predicted molar refractivity (Wildman–Crippen MR) is 95.0 cm³/mol. The average Bonchev–Trinajstić information content (AvgIpc) is 2.92. The molecule has 1 heterocycles. The van der Waals surface area contributed by atoms with Gasteiger partial charge in [0.15, 0.2) is 0 Å². The Kier molecular flexibility index (Phi) is 4.46. The van der Waals surface area contributed by atoms with Crippen LogP contribution in [0.3, 0.4) is 0 Å². The Balaban J connectivity index is 1.78. The Morgan fingerprint density at radius 2 is 1.76 bits per heavy atom. The molecule has 0 amide bonds. The van der Waals surface area contributed by atoms with Crippen molar-refractivity contribution < 1.29 is 21.2 Å². The van der Waals surface area contributed by atoms with Crippen LogP contribution in [-0.2, 0) is 32.2 Å². The summed E-state index contributed by atoms with van der Waals surface area (Å²) in [5, 5.41) is 0. The third-order valence-electron chi connectivity index (χ3n) is 3.88. The van der Waals surface area contributed by atoms with E-state index < -0.39 is 25.9 Å². The van der Waals surface area contributed by atoms with Crippen molar-refractivity contribution in [3.63, 3.8) is 0 Å². The fraction of sp³-hybridized carbons (Fsp3) is 0.250. The van der Waals surface area contributed by atoms with Gasteiger partial charge in [-0.1, -0.05) is 12.1 Å². The van der Waals surface area contributed by atoms with Gasteiger partial charge in [-0.3, -0.25) is 9.03 Å². The van der Waals surface area contributed by atoms with Gasteiger partial charge < -0.3 is 0 Å². The highest BCUT2D eigenvalue weighted by Crippen LogP contribution is 2.32. The van der Waals surface area contributed by atoms with E-state index in [9.17, 15) is 21.2 Å². The van der Waals surface area contributed by atoms with Gasteiger partial charge in [0, 0.05) is 12.2 Å². The molecule has 0 aliphatic carbocycles. The molecule has 0 spiro atoms. The summed E-state index contributed by atoms with van der Waals surface area (Å²) < 4.78 is 64.7. The Bertz CT molecular complexity index is 1000. The Labute approximate surface area is 146 Å². The van der Waals surface area contributed by atoms with Crippen LogP contribution in [-0.4, -0.2) is 29.6 Å². The van der Waals surface area contributed by atoms with Gasteiger partial charge in [0.05, 0.1) is 17.7 Å². The molecule has 25 heavy (non-hydrogen) atoms. The third-order valence-corrected chi connectivity index (χ3v) is 6.32. The van der Waals surface area contributed by atoms with Crippen LogP contribution in [0.5, 0.6) is 0 Å². The van der Waals surface area contributed by atoms with E-state index in [1.807, 2.05) is 0 Å². The van der Waals surface area contributed by atoms with Crippen molar-refractivity contribution in [2.24, 2.45) is 0 Å². The van der Waals surface area contributed by atoms with Crippen molar-refractivity contribution in [2.45, 2.75) is 12.2 Å². The number of fused-ring (bicyclic) bond motifs is 1. The number of hydrogen-bond donors (Lipinski definition) is 1. The predicted octanol–water partition coefficient (Wildman–Crippen LogP) is 2.09. The first-order valence-corrected chi connectivity index (χ1v) is 11.0. The van der Waals surface area contributed by atoms with E-state index in [0.29, 0.717) is 29.9 Å². The lowest BCUT2D eigenvalue weighted by atomic mass is 10.1. The van der Waals surface area contributed by atoms with E-state index >= 15 is 0 Å². The molecule has 6 nitrogen and oxygen atoms in total. The average molecular weight is 384 g/mol. The van der Waals surface area contributed by atoms with Gasteiger partial charge in [-0.2, -0.15) is 0 Å². The van der Waals surface area contributed by atoms with Crippen LogP contribution >= 0.6 is 0 Å². The van der Waals surface area contributed by atoms with E-state index in [-0.39, 0.29) is 5.75 Å². The number of sulfonamides is 2. The van der Waals surface area contributed by atoms with Crippen molar-refractivity contribution in [1.82, 2.24) is 0 Å². The zero-order chi connectivity index (χ0) is 18.2. The second-order valence-corrected chi connectivity index (χ2v) is 9.55. The topological polar surface area (TPSA) is 83.6 Å². The van der Waals surface area contributed by atoms with Crippen molar-refractivity contribution in [3.8, 4) is 0 Å². The lowest BCUT2D eigenvalue weighted by Gasteiger charge is -2.16. The maximum absolute atomic E-state index is 12.9. The molecule has 0 aromatic heterocycles. The minimum absolute atomic E-state index is 0.278. The molecular formula is C16H17FN2O4S2. The Hall–Kier alpha value is -2.13. The SMILES string of the molecule is CS(=O)(=O)N1CCc2cc(NS(=O)(=O)Cc3ccc(F)cc3)ccc21. The normalized spacial score (nSPS) is 14.4. The van der Waals surface area contributed by atoms with Gasteiger partial charge in [0.1, 0.15) is 5.82 Å². The Morgan fingerprint density at radius 1 is 1.08 bits per heavy atom. The second kappa shape index (κ2) is 6.30. The summed E-state index contributed by atoms with van der Waals surface area (Å²) in [4.78, 5) is 0. The van der Waals surface area contributed by atoms with Crippen LogP contribution < -0.4 is 9.03 Å². The lowest BCUT2D eigenvalue weighted by Crippen LogP contribution is -2.27. The summed E-state index contributed by atoms with van der Waals surface area (Å²) in [6.45, 7) is 0.347. The maximum Gasteiger partial charge on any atom is 0.236 e. The summed E-state index contributed by atoms with van der Waals surface area (Å²) in [5.74, 6) is -0.706. The molecule has 134 valence electrons. The summed E-state index contributed by atoms with van der Waals surface area (Å²) in [5.41, 5.74) is 2.19. The number of anilines is 2. The summed E-state index contributed by atoms with van der Waals surface area (Å²) in [6, 6.07) is 10.0. The molecule has 9 heteroatoms. The molecule has 0 atom stereocenters. The molecule has 3 rings (SSSR count). The van der Waals surface area contributed by atoms with Crippen LogP contribution in [0.25, 0.3) is 0 Å². The highest BCUT2D eigenvalue weighted by atomic mass is 32.2. The lowest BCUT2D eigenvalue weighted by molar-refractivity contribution is 0.597. The molecule has 0 bridgehead atoms. The molecule has 0 saturated carbocycles. The third kappa shape index (κ3) is 4.10. The van der Waals surface area contributed by atoms with Crippen molar-refractivity contribution in [3.05, 3.63) is 59.4 Å². The summed E-state index contributed by atoms with van der Waals surface area (Å²) in [6.07, 6.45) is 1.66. The van der Waals surface area contributed by atoms with Gasteiger partial charge in [-0.15, -0.1) is 0 Å². The zero-order valence-electron chi connectivity index (χ0n) is 13.4. The minimum Gasteiger partial charge on any atom is -0.283 e. The molecule has 0 unspecified atom stereocenters. The smallest absolute Gasteiger partial charge is 0.236 e. The summed E-state index contributed by atoms with van der Waals surface area (Å²) >= 11 is 0. The number of rotatable bonds is 5. The van der Waals surface area contributed by atoms with E-state index in [2.05, 4.69) is 4.72 Å². The maximum atomic E-state index is 12.9. The molecular weight excluding hydrogens is 367 g/mol. The van der Waals surface area contributed by atoms with Gasteiger partial charge in [0.2, 0.25) is 20.0 Å². The van der Waals surface area contributed by atoms with E-state index in [0.717, 1.165) is 11.8 Å². The van der Waals surface area contributed by atoms with E-state index in [1.165, 1.54) is 34.6 Å². The molecule has 1 aliphatic heterocycles. The molecule has 2 aromatic rings. The molecule has 1 aliphatic rings. The van der Waals surface area contributed by atoms with Gasteiger partial charge in [-0.25, -0.2) is 21.2 Å². The van der Waals surface area contributed by atoms with Crippen LogP contribution in [0.4, 0.5) is 15.8 Å². The molecule has 0 saturated heterocycles. The number of halogens is 1. The fourth-order valence-electron chi connectivity index (χ4n) is 2.80. The van der Waals surface area contributed by atoms with E-state index in [4.69, 9.17) is 0 Å². The highest BCUT2D eigenvalue weighted by molar-refractivity contribution is 7.92. The van der Waals surface area contributed by atoms with Gasteiger partial charge in [-0.05, 0) is 47.9 Å². The molecule has 1 N–H and O–H groups in total. The van der Waals surface area contributed by atoms with Crippen molar-refractivity contribution >= 4 is 31.4 Å². The number of nitrogens with zero attached hydrogens (tertiary/aromatic N) is 1. The van der Waals surface area contributed by atoms with Crippen LogP contribution in [0, 0.1) is 5.82 Å². The van der Waals surface area contributed by atoms with Crippen molar-refractivity contribution in [2.75, 3.05) is 21.8 Å². The van der Waals surface area contributed by atoms with Crippen molar-refractivity contribution in [1.29, 1.82) is 0 Å². The first-order valence-electron chi connectivity index (χ1n) is 7.50. The molecule has 0 radical (unpaired) electrons. The Morgan fingerprint density at radius 3 is 2.40 bits per heavy atom. The monoisotopic (exact) mass is 384 g/mol. The highest BCUT2D eigenvalue weighted by Gasteiger charge is 2.26. The minimum atomic E-state index is -3.66. The van der Waals surface area contributed by atoms with Gasteiger partial charge >= 0.3 is 0 Å². The first kappa shape index (κ1) is 17.7. The largest absolute Gasteiger partial charge is 0.283 e. The molecule has 0 fully saturated rings. The van der Waals surface area contributed by atoms with Crippen LogP contribution in [0.2, 0.25) is 0 Å². The summed E-state index contributed by atoms with van der Waals surface area (Å²) in [7, 11) is -7.01. The second-order valence-electron chi connectivity index (χ2n) is 5.92. The van der Waals surface area contributed by atoms with E-state index in [1.54, 1.807) is 12.1 Å². The zero-order valence-corrected chi connectivity index (χ0v) is 15.1.